The standard InChI is InChI=1S/C20H22N2O2/c1-15-13-19(22-11-3-4-12-22)10-7-17(15)14-21-18-8-5-16(6-9-18)20(23)24-2/h5-10,13-14H,3-4,11-12H2,1-2H3. The van der Waals surface area contributed by atoms with E-state index in [0.717, 1.165) is 24.3 Å². The number of esters is 1. The van der Waals surface area contributed by atoms with Gasteiger partial charge in [-0.25, -0.2) is 4.79 Å². The van der Waals surface area contributed by atoms with Gasteiger partial charge in [-0.05, 0) is 67.3 Å². The van der Waals surface area contributed by atoms with Crippen LogP contribution in [0.1, 0.15) is 34.3 Å². The van der Waals surface area contributed by atoms with Gasteiger partial charge >= 0.3 is 5.97 Å². The number of nitrogens with zero attached hydrogens (tertiary/aromatic N) is 2. The average molecular weight is 322 g/mol. The largest absolute Gasteiger partial charge is 0.465 e. The van der Waals surface area contributed by atoms with Gasteiger partial charge in [0, 0.05) is 25.0 Å². The van der Waals surface area contributed by atoms with E-state index in [4.69, 9.17) is 4.74 Å². The van der Waals surface area contributed by atoms with Crippen LogP contribution in [0.2, 0.25) is 0 Å². The highest BCUT2D eigenvalue weighted by Gasteiger charge is 2.12. The van der Waals surface area contributed by atoms with E-state index in [1.54, 1.807) is 12.1 Å². The van der Waals surface area contributed by atoms with E-state index in [1.807, 2.05) is 18.3 Å². The maximum atomic E-state index is 11.4. The van der Waals surface area contributed by atoms with Gasteiger partial charge in [-0.3, -0.25) is 4.99 Å². The molecule has 1 aliphatic heterocycles. The number of aryl methyl sites for hydroxylation is 1. The van der Waals surface area contributed by atoms with Crippen molar-refractivity contribution in [2.24, 2.45) is 4.99 Å². The van der Waals surface area contributed by atoms with Crippen LogP contribution in [0.15, 0.2) is 47.5 Å². The number of hydrogen-bond acceptors (Lipinski definition) is 4. The number of aliphatic imine (C=N–C) groups is 1. The lowest BCUT2D eigenvalue weighted by atomic mass is 10.1. The zero-order valence-electron chi connectivity index (χ0n) is 14.2. The lowest BCUT2D eigenvalue weighted by Crippen LogP contribution is -2.17. The molecule has 0 bridgehead atoms. The highest BCUT2D eigenvalue weighted by Crippen LogP contribution is 2.23. The third-order valence-electron chi connectivity index (χ3n) is 4.37. The number of benzene rings is 2. The molecule has 0 unspecified atom stereocenters. The third-order valence-corrected chi connectivity index (χ3v) is 4.37. The summed E-state index contributed by atoms with van der Waals surface area (Å²) in [7, 11) is 1.38. The summed E-state index contributed by atoms with van der Waals surface area (Å²) < 4.78 is 4.69. The topological polar surface area (TPSA) is 41.9 Å². The highest BCUT2D eigenvalue weighted by molar-refractivity contribution is 5.90. The fourth-order valence-corrected chi connectivity index (χ4v) is 2.92. The molecule has 1 saturated heterocycles. The second-order valence-corrected chi connectivity index (χ2v) is 6.03. The number of hydrogen-bond donors (Lipinski definition) is 0. The molecule has 2 aromatic carbocycles. The minimum atomic E-state index is -0.334. The molecule has 2 aromatic rings. The van der Waals surface area contributed by atoms with E-state index in [1.165, 1.54) is 31.2 Å². The molecule has 3 rings (SSSR count). The van der Waals surface area contributed by atoms with Gasteiger partial charge in [0.05, 0.1) is 18.4 Å². The maximum absolute atomic E-state index is 11.4. The highest BCUT2D eigenvalue weighted by atomic mass is 16.5. The normalized spacial score (nSPS) is 14.3. The monoisotopic (exact) mass is 322 g/mol. The summed E-state index contributed by atoms with van der Waals surface area (Å²) in [6, 6.07) is 13.6. The van der Waals surface area contributed by atoms with Gasteiger partial charge < -0.3 is 9.64 Å². The number of carbonyl (C=O) groups excluding carboxylic acids is 1. The first-order valence-corrected chi connectivity index (χ1v) is 8.25. The molecule has 1 heterocycles. The van der Waals surface area contributed by atoms with Crippen LogP contribution in [-0.2, 0) is 4.74 Å². The fraction of sp³-hybridized carbons (Fsp3) is 0.300. The summed E-state index contributed by atoms with van der Waals surface area (Å²) >= 11 is 0. The number of methoxy groups -OCH3 is 1. The predicted molar refractivity (Wildman–Crippen MR) is 97.7 cm³/mol. The molecule has 0 spiro atoms. The summed E-state index contributed by atoms with van der Waals surface area (Å²) in [5, 5.41) is 0. The molecule has 0 amide bonds. The molecule has 1 fully saturated rings. The van der Waals surface area contributed by atoms with Gasteiger partial charge in [0.25, 0.3) is 0 Å². The van der Waals surface area contributed by atoms with Gasteiger partial charge in [-0.15, -0.1) is 0 Å². The van der Waals surface area contributed by atoms with Crippen LogP contribution in [0.25, 0.3) is 0 Å². The Bertz CT molecular complexity index is 745. The van der Waals surface area contributed by atoms with Crippen molar-refractivity contribution in [3.8, 4) is 0 Å². The van der Waals surface area contributed by atoms with Crippen LogP contribution in [0.5, 0.6) is 0 Å². The molecular weight excluding hydrogens is 300 g/mol. The lowest BCUT2D eigenvalue weighted by molar-refractivity contribution is 0.0601. The first kappa shape index (κ1) is 16.2. The van der Waals surface area contributed by atoms with Crippen molar-refractivity contribution in [1.29, 1.82) is 0 Å². The zero-order valence-corrected chi connectivity index (χ0v) is 14.2. The van der Waals surface area contributed by atoms with Gasteiger partial charge in [0.15, 0.2) is 0 Å². The summed E-state index contributed by atoms with van der Waals surface area (Å²) in [6.07, 6.45) is 4.43. The molecule has 0 radical (unpaired) electrons. The van der Waals surface area contributed by atoms with E-state index in [0.29, 0.717) is 5.56 Å². The van der Waals surface area contributed by atoms with E-state index in [-0.39, 0.29) is 5.97 Å². The summed E-state index contributed by atoms with van der Waals surface area (Å²) in [5.74, 6) is -0.334. The minimum Gasteiger partial charge on any atom is -0.465 e. The SMILES string of the molecule is COC(=O)c1ccc(N=Cc2ccc(N3CCCC3)cc2C)cc1. The van der Waals surface area contributed by atoms with Crippen LogP contribution < -0.4 is 4.90 Å². The molecule has 24 heavy (non-hydrogen) atoms. The van der Waals surface area contributed by atoms with Gasteiger partial charge in [0.1, 0.15) is 0 Å². The van der Waals surface area contributed by atoms with Crippen molar-refractivity contribution in [3.05, 3.63) is 59.2 Å². The molecule has 0 atom stereocenters. The van der Waals surface area contributed by atoms with Crippen LogP contribution in [0.3, 0.4) is 0 Å². The van der Waals surface area contributed by atoms with Crippen molar-refractivity contribution in [3.63, 3.8) is 0 Å². The third kappa shape index (κ3) is 3.65. The summed E-state index contributed by atoms with van der Waals surface area (Å²) in [6.45, 7) is 4.42. The Labute approximate surface area is 142 Å². The van der Waals surface area contributed by atoms with Crippen molar-refractivity contribution >= 4 is 23.6 Å². The maximum Gasteiger partial charge on any atom is 0.337 e. The fourth-order valence-electron chi connectivity index (χ4n) is 2.92. The smallest absolute Gasteiger partial charge is 0.337 e. The number of rotatable bonds is 4. The minimum absolute atomic E-state index is 0.334. The Kier molecular flexibility index (Phi) is 4.94. The summed E-state index contributed by atoms with van der Waals surface area (Å²) in [5.41, 5.74) is 4.96. The number of anilines is 1. The molecule has 4 heteroatoms. The lowest BCUT2D eigenvalue weighted by Gasteiger charge is -2.18. The van der Waals surface area contributed by atoms with Crippen molar-refractivity contribution in [2.75, 3.05) is 25.1 Å². The number of ether oxygens (including phenoxy) is 1. The Morgan fingerprint density at radius 2 is 1.83 bits per heavy atom. The Morgan fingerprint density at radius 1 is 1.12 bits per heavy atom. The summed E-state index contributed by atoms with van der Waals surface area (Å²) in [4.78, 5) is 18.4. The average Bonchev–Trinajstić information content (AvgIpc) is 3.15. The Morgan fingerprint density at radius 3 is 2.46 bits per heavy atom. The van der Waals surface area contributed by atoms with Crippen molar-refractivity contribution < 1.29 is 9.53 Å². The van der Waals surface area contributed by atoms with Crippen LogP contribution >= 0.6 is 0 Å². The molecule has 0 aromatic heterocycles. The Balaban J connectivity index is 1.73. The molecule has 0 N–H and O–H groups in total. The predicted octanol–water partition coefficient (Wildman–Crippen LogP) is 4.13. The molecule has 4 nitrogen and oxygen atoms in total. The van der Waals surface area contributed by atoms with E-state index >= 15 is 0 Å². The molecule has 0 saturated carbocycles. The molecule has 124 valence electrons. The van der Waals surface area contributed by atoms with Crippen molar-refractivity contribution in [1.82, 2.24) is 0 Å². The zero-order chi connectivity index (χ0) is 16.9. The van der Waals surface area contributed by atoms with Gasteiger partial charge in [0.2, 0.25) is 0 Å². The van der Waals surface area contributed by atoms with Crippen LogP contribution in [0.4, 0.5) is 11.4 Å². The van der Waals surface area contributed by atoms with E-state index in [2.05, 4.69) is 35.0 Å². The Hall–Kier alpha value is -2.62. The van der Waals surface area contributed by atoms with Crippen LogP contribution in [-0.4, -0.2) is 32.4 Å². The van der Waals surface area contributed by atoms with E-state index in [9.17, 15) is 4.79 Å². The first-order chi connectivity index (χ1) is 11.7. The van der Waals surface area contributed by atoms with E-state index < -0.39 is 0 Å². The first-order valence-electron chi connectivity index (χ1n) is 8.25. The van der Waals surface area contributed by atoms with Crippen LogP contribution in [0, 0.1) is 6.92 Å². The quantitative estimate of drug-likeness (QED) is 0.628. The van der Waals surface area contributed by atoms with Gasteiger partial charge in [-0.1, -0.05) is 6.07 Å². The van der Waals surface area contributed by atoms with Gasteiger partial charge in [-0.2, -0.15) is 0 Å². The molecule has 0 aliphatic carbocycles. The number of carbonyl (C=O) groups is 1. The molecule has 1 aliphatic rings. The van der Waals surface area contributed by atoms with Crippen molar-refractivity contribution in [2.45, 2.75) is 19.8 Å². The molecular formula is C20H22N2O2. The second kappa shape index (κ2) is 7.30. The second-order valence-electron chi connectivity index (χ2n) is 6.03.